The van der Waals surface area contributed by atoms with Crippen molar-refractivity contribution in [1.29, 1.82) is 0 Å². The minimum absolute atomic E-state index is 0.264. The summed E-state index contributed by atoms with van der Waals surface area (Å²) in [7, 11) is 1.41. The second kappa shape index (κ2) is 9.53. The molecule has 106 valence electrons. The molecule has 0 spiro atoms. The van der Waals surface area contributed by atoms with Gasteiger partial charge in [0.1, 0.15) is 12.6 Å². The monoisotopic (exact) mass is 278 g/mol. The van der Waals surface area contributed by atoms with Crippen LogP contribution in [0.3, 0.4) is 0 Å². The SMILES string of the molecule is CC(C=O)C(OP([O-])OCCN(C)C)C(C)C=O. The Morgan fingerprint density at radius 2 is 1.72 bits per heavy atom. The van der Waals surface area contributed by atoms with Crippen LogP contribution >= 0.6 is 8.60 Å². The summed E-state index contributed by atoms with van der Waals surface area (Å²) in [4.78, 5) is 34.8. The summed E-state index contributed by atoms with van der Waals surface area (Å²) in [6.45, 7) is 4.10. The molecule has 0 radical (unpaired) electrons. The van der Waals surface area contributed by atoms with Gasteiger partial charge in [0.2, 0.25) is 0 Å². The first kappa shape index (κ1) is 17.6. The Morgan fingerprint density at radius 3 is 2.11 bits per heavy atom. The third kappa shape index (κ3) is 7.13. The third-order valence-corrected chi connectivity index (χ3v) is 3.22. The minimum Gasteiger partial charge on any atom is -0.786 e. The number of likely N-dealkylation sites (N-methyl/N-ethyl adjacent to an activating group) is 1. The van der Waals surface area contributed by atoms with Crippen LogP contribution in [0.1, 0.15) is 13.8 Å². The summed E-state index contributed by atoms with van der Waals surface area (Å²) in [5, 5.41) is 0. The van der Waals surface area contributed by atoms with Crippen molar-refractivity contribution in [2.75, 3.05) is 27.2 Å². The summed E-state index contributed by atoms with van der Waals surface area (Å²) in [5.74, 6) is -1.02. The summed E-state index contributed by atoms with van der Waals surface area (Å²) in [6, 6.07) is 0. The number of carbonyl (C=O) groups is 2. The van der Waals surface area contributed by atoms with Gasteiger partial charge in [-0.3, -0.25) is 0 Å². The Morgan fingerprint density at radius 1 is 1.22 bits per heavy atom. The molecule has 0 saturated carbocycles. The highest BCUT2D eigenvalue weighted by Crippen LogP contribution is 2.33. The van der Waals surface area contributed by atoms with Crippen molar-refractivity contribution < 1.29 is 23.5 Å². The Hall–Kier alpha value is -0.390. The van der Waals surface area contributed by atoms with Gasteiger partial charge >= 0.3 is 0 Å². The van der Waals surface area contributed by atoms with E-state index < -0.39 is 26.5 Å². The molecule has 0 bridgehead atoms. The molecule has 0 amide bonds. The van der Waals surface area contributed by atoms with Crippen molar-refractivity contribution in [1.82, 2.24) is 4.90 Å². The average Bonchev–Trinajstić information content (AvgIpc) is 2.33. The zero-order valence-corrected chi connectivity index (χ0v) is 12.1. The molecule has 3 unspecified atom stereocenters. The van der Waals surface area contributed by atoms with E-state index in [2.05, 4.69) is 0 Å². The first-order chi connectivity index (χ1) is 8.42. The number of aldehydes is 2. The van der Waals surface area contributed by atoms with Crippen LogP contribution in [-0.2, 0) is 18.6 Å². The molecular weight excluding hydrogens is 257 g/mol. The highest BCUT2D eigenvalue weighted by molar-refractivity contribution is 7.39. The first-order valence-electron chi connectivity index (χ1n) is 5.74. The lowest BCUT2D eigenvalue weighted by Gasteiger charge is -2.31. The normalized spacial score (nSPS) is 18.1. The smallest absolute Gasteiger partial charge is 0.125 e. The lowest BCUT2D eigenvalue weighted by atomic mass is 9.96. The van der Waals surface area contributed by atoms with E-state index in [1.807, 2.05) is 19.0 Å². The molecule has 0 N–H and O–H groups in total. The van der Waals surface area contributed by atoms with E-state index in [4.69, 9.17) is 9.05 Å². The molecule has 0 aliphatic carbocycles. The molecular formula is C11H21NO5P-. The predicted octanol–water partition coefficient (Wildman–Crippen LogP) is 0.207. The Kier molecular flexibility index (Phi) is 9.32. The van der Waals surface area contributed by atoms with Crippen molar-refractivity contribution in [3.63, 3.8) is 0 Å². The zero-order valence-electron chi connectivity index (χ0n) is 11.2. The first-order valence-corrected chi connectivity index (χ1v) is 6.84. The van der Waals surface area contributed by atoms with E-state index in [0.29, 0.717) is 19.1 Å². The van der Waals surface area contributed by atoms with E-state index in [9.17, 15) is 14.5 Å². The molecule has 3 atom stereocenters. The minimum atomic E-state index is -2.32. The van der Waals surface area contributed by atoms with Gasteiger partial charge in [-0.1, -0.05) is 13.8 Å². The van der Waals surface area contributed by atoms with Gasteiger partial charge in [0, 0.05) is 18.4 Å². The van der Waals surface area contributed by atoms with Gasteiger partial charge < -0.3 is 28.4 Å². The number of rotatable bonds is 10. The molecule has 18 heavy (non-hydrogen) atoms. The van der Waals surface area contributed by atoms with Gasteiger partial charge in [0.05, 0.1) is 21.3 Å². The molecule has 0 aromatic carbocycles. The fraction of sp³-hybridized carbons (Fsp3) is 0.818. The maximum atomic E-state index is 11.5. The van der Waals surface area contributed by atoms with Crippen molar-refractivity contribution in [2.24, 2.45) is 11.8 Å². The van der Waals surface area contributed by atoms with Crippen LogP contribution in [0.25, 0.3) is 0 Å². The molecule has 0 aromatic rings. The zero-order chi connectivity index (χ0) is 14.1. The van der Waals surface area contributed by atoms with E-state index in [1.54, 1.807) is 13.8 Å². The summed E-state index contributed by atoms with van der Waals surface area (Å²) in [6.07, 6.45) is 0.629. The maximum Gasteiger partial charge on any atom is 0.125 e. The van der Waals surface area contributed by atoms with Gasteiger partial charge in [-0.05, 0) is 14.1 Å². The van der Waals surface area contributed by atoms with E-state index in [0.717, 1.165) is 0 Å². The maximum absolute atomic E-state index is 11.5. The molecule has 0 aromatic heterocycles. The van der Waals surface area contributed by atoms with Gasteiger partial charge in [0.15, 0.2) is 0 Å². The van der Waals surface area contributed by atoms with Crippen LogP contribution in [-0.4, -0.2) is 50.8 Å². The number of nitrogens with zero attached hydrogens (tertiary/aromatic N) is 1. The lowest BCUT2D eigenvalue weighted by Crippen LogP contribution is -2.31. The molecule has 0 fully saturated rings. The fourth-order valence-electron chi connectivity index (χ4n) is 1.25. The molecule has 7 heteroatoms. The van der Waals surface area contributed by atoms with E-state index >= 15 is 0 Å². The van der Waals surface area contributed by atoms with Gasteiger partial charge in [0.25, 0.3) is 0 Å². The summed E-state index contributed by atoms with van der Waals surface area (Å²) >= 11 is 0. The fourth-order valence-corrected chi connectivity index (χ4v) is 2.13. The molecule has 0 rings (SSSR count). The Labute approximate surface area is 109 Å². The van der Waals surface area contributed by atoms with Gasteiger partial charge in [-0.15, -0.1) is 0 Å². The van der Waals surface area contributed by atoms with Crippen LogP contribution in [0.4, 0.5) is 0 Å². The van der Waals surface area contributed by atoms with E-state index in [-0.39, 0.29) is 6.61 Å². The predicted molar refractivity (Wildman–Crippen MR) is 66.8 cm³/mol. The van der Waals surface area contributed by atoms with Crippen molar-refractivity contribution in [2.45, 2.75) is 20.0 Å². The molecule has 0 aliphatic rings. The van der Waals surface area contributed by atoms with E-state index in [1.165, 1.54) is 0 Å². The summed E-state index contributed by atoms with van der Waals surface area (Å²) in [5.41, 5.74) is 0. The van der Waals surface area contributed by atoms with Crippen LogP contribution in [0, 0.1) is 11.8 Å². The van der Waals surface area contributed by atoms with Crippen LogP contribution in [0.5, 0.6) is 0 Å². The summed E-state index contributed by atoms with van der Waals surface area (Å²) < 4.78 is 10.1. The average molecular weight is 278 g/mol. The largest absolute Gasteiger partial charge is 0.786 e. The number of carbonyl (C=O) groups excluding carboxylic acids is 2. The number of hydrogen-bond acceptors (Lipinski definition) is 6. The van der Waals surface area contributed by atoms with Crippen LogP contribution in [0.2, 0.25) is 0 Å². The Bertz CT molecular complexity index is 238. The highest BCUT2D eigenvalue weighted by Gasteiger charge is 2.25. The molecule has 6 nitrogen and oxygen atoms in total. The Balaban J connectivity index is 4.22. The van der Waals surface area contributed by atoms with Crippen molar-refractivity contribution >= 4 is 21.2 Å². The molecule has 0 saturated heterocycles. The standard InChI is InChI=1S/C11H21NO5P/c1-9(7-13)11(10(2)8-14)17-18(15)16-6-5-12(3)4/h7-11H,5-6H2,1-4H3/q-1. The lowest BCUT2D eigenvalue weighted by molar-refractivity contribution is -0.211. The second-order valence-electron chi connectivity index (χ2n) is 4.42. The van der Waals surface area contributed by atoms with Crippen LogP contribution < -0.4 is 4.89 Å². The third-order valence-electron chi connectivity index (χ3n) is 2.41. The topological polar surface area (TPSA) is 78.9 Å². The van der Waals surface area contributed by atoms with Crippen molar-refractivity contribution in [3.05, 3.63) is 0 Å². The second-order valence-corrected chi connectivity index (χ2v) is 5.34. The highest BCUT2D eigenvalue weighted by atomic mass is 31.2. The molecule has 0 heterocycles. The van der Waals surface area contributed by atoms with Gasteiger partial charge in [-0.2, -0.15) is 0 Å². The molecule has 0 aliphatic heterocycles. The van der Waals surface area contributed by atoms with Gasteiger partial charge in [-0.25, -0.2) is 0 Å². The quantitative estimate of drug-likeness (QED) is 0.420. The number of hydrogen-bond donors (Lipinski definition) is 0. The van der Waals surface area contributed by atoms with Crippen LogP contribution in [0.15, 0.2) is 0 Å². The van der Waals surface area contributed by atoms with Crippen molar-refractivity contribution in [3.8, 4) is 0 Å².